The van der Waals surface area contributed by atoms with Crippen LogP contribution >= 0.6 is 0 Å². The highest BCUT2D eigenvalue weighted by molar-refractivity contribution is 5.61. The van der Waals surface area contributed by atoms with Gasteiger partial charge in [-0.25, -0.2) is 18.9 Å². The lowest BCUT2D eigenvalue weighted by Crippen LogP contribution is -2.30. The third-order valence-corrected chi connectivity index (χ3v) is 5.76. The highest BCUT2D eigenvalue weighted by Crippen LogP contribution is 2.23. The lowest BCUT2D eigenvalue weighted by atomic mass is 10.1. The van der Waals surface area contributed by atoms with Crippen LogP contribution in [0.3, 0.4) is 0 Å². The van der Waals surface area contributed by atoms with Gasteiger partial charge in [0.1, 0.15) is 12.5 Å². The zero-order valence-corrected chi connectivity index (χ0v) is 18.3. The fourth-order valence-corrected chi connectivity index (χ4v) is 4.22. The van der Waals surface area contributed by atoms with Gasteiger partial charge >= 0.3 is 0 Å². The van der Waals surface area contributed by atoms with Crippen molar-refractivity contribution in [2.24, 2.45) is 0 Å². The first-order valence-corrected chi connectivity index (χ1v) is 11.1. The molecular weight excluding hydrogens is 395 g/mol. The van der Waals surface area contributed by atoms with Gasteiger partial charge < -0.3 is 16.0 Å². The third-order valence-electron chi connectivity index (χ3n) is 5.76. The minimum atomic E-state index is -0.486. The summed E-state index contributed by atoms with van der Waals surface area (Å²) < 4.78 is 15.0. The number of nitrogens with zero attached hydrogens (tertiary/aromatic N) is 6. The van der Waals surface area contributed by atoms with Crippen LogP contribution < -0.4 is 16.0 Å². The van der Waals surface area contributed by atoms with Gasteiger partial charge in [-0.05, 0) is 43.7 Å². The van der Waals surface area contributed by atoms with Crippen LogP contribution in [0.15, 0.2) is 18.5 Å². The van der Waals surface area contributed by atoms with Gasteiger partial charge in [-0.1, -0.05) is 19.4 Å². The molecule has 166 valence electrons. The van der Waals surface area contributed by atoms with E-state index in [-0.39, 0.29) is 11.9 Å². The van der Waals surface area contributed by atoms with Crippen LogP contribution in [-0.4, -0.2) is 50.4 Å². The molecule has 0 saturated carbocycles. The van der Waals surface area contributed by atoms with Crippen LogP contribution in [0.2, 0.25) is 0 Å². The second-order valence-electron chi connectivity index (χ2n) is 8.30. The Morgan fingerprint density at radius 1 is 1.19 bits per heavy atom. The lowest BCUT2D eigenvalue weighted by molar-refractivity contribution is 0.426. The van der Waals surface area contributed by atoms with Crippen molar-refractivity contribution in [2.45, 2.75) is 58.4 Å². The minimum Gasteiger partial charge on any atom is -0.380 e. The average molecular weight is 427 g/mol. The van der Waals surface area contributed by atoms with Crippen molar-refractivity contribution in [3.63, 3.8) is 0 Å². The number of fused-ring (bicyclic) bond motifs is 1. The van der Waals surface area contributed by atoms with E-state index in [4.69, 9.17) is 10.7 Å². The van der Waals surface area contributed by atoms with Crippen molar-refractivity contribution in [2.75, 3.05) is 35.7 Å². The first-order valence-electron chi connectivity index (χ1n) is 11.1. The Bertz CT molecular complexity index is 1030. The van der Waals surface area contributed by atoms with E-state index in [0.29, 0.717) is 24.4 Å². The van der Waals surface area contributed by atoms with Gasteiger partial charge in [0.05, 0.1) is 17.9 Å². The highest BCUT2D eigenvalue weighted by Gasteiger charge is 2.17. The summed E-state index contributed by atoms with van der Waals surface area (Å²) in [7, 11) is 0. The predicted octanol–water partition coefficient (Wildman–Crippen LogP) is 3.54. The Morgan fingerprint density at radius 3 is 2.71 bits per heavy atom. The number of anilines is 3. The maximum atomic E-state index is 13.3. The molecule has 0 aliphatic carbocycles. The van der Waals surface area contributed by atoms with E-state index >= 15 is 0 Å². The molecule has 3 N–H and O–H groups in total. The Morgan fingerprint density at radius 2 is 2.00 bits per heavy atom. The predicted molar refractivity (Wildman–Crippen MR) is 121 cm³/mol. The molecule has 1 aliphatic heterocycles. The van der Waals surface area contributed by atoms with Crippen molar-refractivity contribution in [1.29, 1.82) is 0 Å². The number of hydrogen-bond donors (Lipinski definition) is 2. The van der Waals surface area contributed by atoms with Gasteiger partial charge in [0, 0.05) is 25.7 Å². The van der Waals surface area contributed by atoms with Gasteiger partial charge in [-0.3, -0.25) is 0 Å². The van der Waals surface area contributed by atoms with Crippen molar-refractivity contribution >= 4 is 23.2 Å². The first-order chi connectivity index (χ1) is 15.1. The molecule has 0 aromatic carbocycles. The number of nitrogens with two attached hydrogens (primary N) is 1. The molecule has 4 rings (SSSR count). The number of nitrogens with one attached hydrogen (secondary N) is 1. The zero-order chi connectivity index (χ0) is 21.8. The zero-order valence-electron chi connectivity index (χ0n) is 18.3. The maximum absolute atomic E-state index is 13.3. The molecule has 4 heterocycles. The molecule has 1 fully saturated rings. The number of hydrogen-bond acceptors (Lipinski definition) is 7. The number of imidazole rings is 1. The number of nitrogen functional groups attached to an aromatic ring is 1. The van der Waals surface area contributed by atoms with Crippen LogP contribution in [0.1, 0.15) is 55.8 Å². The fraction of sp³-hybridized carbons (Fsp3) is 0.545. The van der Waals surface area contributed by atoms with E-state index in [1.165, 1.54) is 24.8 Å². The van der Waals surface area contributed by atoms with Crippen LogP contribution in [0.5, 0.6) is 0 Å². The Kier molecular flexibility index (Phi) is 6.48. The van der Waals surface area contributed by atoms with Crippen molar-refractivity contribution in [1.82, 2.24) is 24.6 Å². The molecule has 9 heteroatoms. The van der Waals surface area contributed by atoms with E-state index in [1.54, 1.807) is 10.7 Å². The van der Waals surface area contributed by atoms with Gasteiger partial charge in [-0.2, -0.15) is 4.98 Å². The standard InChI is InChI=1S/C22H31FN8/c1-3-7-17(12-23)27-22-28-19(24)21-26-14-18(31(21)29-22)11-16-10-15(2)20(25-13-16)30-8-5-4-6-9-30/h10,13-14,17H,3-9,11-12H2,1-2H3,(H3,24,27,28,29)/t17-/m1/s1. The summed E-state index contributed by atoms with van der Waals surface area (Å²) >= 11 is 0. The molecule has 1 saturated heterocycles. The summed E-state index contributed by atoms with van der Waals surface area (Å²) in [5.74, 6) is 1.66. The van der Waals surface area contributed by atoms with E-state index in [2.05, 4.69) is 38.3 Å². The molecule has 0 radical (unpaired) electrons. The Labute approximate surface area is 182 Å². The van der Waals surface area contributed by atoms with Crippen LogP contribution in [0.25, 0.3) is 5.65 Å². The molecule has 1 aliphatic rings. The monoisotopic (exact) mass is 426 g/mol. The van der Waals surface area contributed by atoms with Gasteiger partial charge in [0.15, 0.2) is 11.5 Å². The quantitative estimate of drug-likeness (QED) is 0.568. The molecular formula is C22H31FN8. The SMILES string of the molecule is CCC[C@H](CF)Nc1nc(N)c2ncc(Cc3cnc(N4CCCCC4)c(C)c3)n2n1. The minimum absolute atomic E-state index is 0.271. The van der Waals surface area contributed by atoms with Crippen molar-refractivity contribution < 1.29 is 4.39 Å². The lowest BCUT2D eigenvalue weighted by Gasteiger charge is -2.29. The summed E-state index contributed by atoms with van der Waals surface area (Å²) in [6, 6.07) is 1.85. The Balaban J connectivity index is 1.57. The van der Waals surface area contributed by atoms with Gasteiger partial charge in [-0.15, -0.1) is 5.10 Å². The van der Waals surface area contributed by atoms with E-state index in [0.717, 1.165) is 36.6 Å². The number of piperidine rings is 1. The fourth-order valence-electron chi connectivity index (χ4n) is 4.22. The molecule has 0 unspecified atom stereocenters. The summed E-state index contributed by atoms with van der Waals surface area (Å²) in [6.45, 7) is 5.79. The summed E-state index contributed by atoms with van der Waals surface area (Å²) in [4.78, 5) is 15.8. The van der Waals surface area contributed by atoms with Crippen molar-refractivity contribution in [3.8, 4) is 0 Å². The molecule has 0 bridgehead atoms. The summed E-state index contributed by atoms with van der Waals surface area (Å²) in [6.07, 6.45) is 9.63. The number of aryl methyl sites for hydroxylation is 1. The van der Waals surface area contributed by atoms with Gasteiger partial charge in [0.25, 0.3) is 0 Å². The Hall–Kier alpha value is -2.97. The first kappa shape index (κ1) is 21.3. The van der Waals surface area contributed by atoms with Crippen LogP contribution in [0, 0.1) is 6.92 Å². The molecule has 0 amide bonds. The second-order valence-corrected chi connectivity index (χ2v) is 8.30. The number of alkyl halides is 1. The number of halogens is 1. The highest BCUT2D eigenvalue weighted by atomic mass is 19.1. The summed E-state index contributed by atoms with van der Waals surface area (Å²) in [5.41, 5.74) is 9.74. The normalized spacial score (nSPS) is 15.4. The molecule has 3 aromatic heterocycles. The van der Waals surface area contributed by atoms with E-state index in [1.807, 2.05) is 13.1 Å². The molecule has 8 nitrogen and oxygen atoms in total. The number of pyridine rings is 1. The number of aromatic nitrogens is 5. The van der Waals surface area contributed by atoms with E-state index < -0.39 is 6.67 Å². The largest absolute Gasteiger partial charge is 0.380 e. The van der Waals surface area contributed by atoms with Crippen LogP contribution in [-0.2, 0) is 6.42 Å². The summed E-state index contributed by atoms with van der Waals surface area (Å²) in [5, 5.41) is 7.58. The third kappa shape index (κ3) is 4.70. The van der Waals surface area contributed by atoms with Crippen molar-refractivity contribution in [3.05, 3.63) is 35.3 Å². The maximum Gasteiger partial charge on any atom is 0.243 e. The molecule has 1 atom stereocenters. The van der Waals surface area contributed by atoms with Crippen LogP contribution in [0.4, 0.5) is 22.0 Å². The smallest absolute Gasteiger partial charge is 0.243 e. The average Bonchev–Trinajstić information content (AvgIpc) is 3.17. The van der Waals surface area contributed by atoms with E-state index in [9.17, 15) is 4.39 Å². The number of rotatable bonds is 8. The molecule has 31 heavy (non-hydrogen) atoms. The molecule has 3 aromatic rings. The van der Waals surface area contributed by atoms with Gasteiger partial charge in [0.2, 0.25) is 5.95 Å². The molecule has 0 spiro atoms. The second kappa shape index (κ2) is 9.45. The topological polar surface area (TPSA) is 97.3 Å².